The highest BCUT2D eigenvalue weighted by Crippen LogP contribution is 2.32. The minimum Gasteiger partial charge on any atom is -0.394 e. The summed E-state index contributed by atoms with van der Waals surface area (Å²) in [5.41, 5.74) is -0.0389. The van der Waals surface area contributed by atoms with Gasteiger partial charge < -0.3 is 15.2 Å². The Balaban J connectivity index is 1.93. The second kappa shape index (κ2) is 6.33. The highest BCUT2D eigenvalue weighted by molar-refractivity contribution is 4.97. The van der Waals surface area contributed by atoms with Crippen LogP contribution in [0.5, 0.6) is 0 Å². The number of likely N-dealkylation sites (tertiary alicyclic amines) is 1. The van der Waals surface area contributed by atoms with Gasteiger partial charge in [-0.2, -0.15) is 0 Å². The van der Waals surface area contributed by atoms with E-state index < -0.39 is 0 Å². The van der Waals surface area contributed by atoms with Crippen LogP contribution in [0, 0.1) is 0 Å². The van der Waals surface area contributed by atoms with Gasteiger partial charge in [0.15, 0.2) is 0 Å². The van der Waals surface area contributed by atoms with Gasteiger partial charge in [0.1, 0.15) is 0 Å². The highest BCUT2D eigenvalue weighted by Gasteiger charge is 2.39. The number of hydrogen-bond acceptors (Lipinski definition) is 4. The van der Waals surface area contributed by atoms with E-state index in [1.165, 1.54) is 12.8 Å². The van der Waals surface area contributed by atoms with Crippen LogP contribution in [-0.2, 0) is 4.74 Å². The number of hydrogen-bond donors (Lipinski definition) is 2. The first-order valence-electron chi connectivity index (χ1n) is 7.36. The topological polar surface area (TPSA) is 44.7 Å². The second-order valence-electron chi connectivity index (χ2n) is 5.86. The normalized spacial score (nSPS) is 38.2. The van der Waals surface area contributed by atoms with Crippen molar-refractivity contribution in [1.29, 1.82) is 0 Å². The number of nitrogens with one attached hydrogen (secondary N) is 1. The largest absolute Gasteiger partial charge is 0.394 e. The zero-order valence-corrected chi connectivity index (χ0v) is 11.8. The molecule has 0 aromatic heterocycles. The van der Waals surface area contributed by atoms with Crippen LogP contribution >= 0.6 is 0 Å². The Bertz CT molecular complexity index is 258. The Morgan fingerprint density at radius 1 is 1.44 bits per heavy atom. The molecule has 0 radical (unpaired) electrons. The smallest absolute Gasteiger partial charge is 0.0710 e. The molecule has 0 bridgehead atoms. The molecule has 0 spiro atoms. The van der Waals surface area contributed by atoms with Crippen molar-refractivity contribution in [2.45, 2.75) is 56.7 Å². The van der Waals surface area contributed by atoms with Crippen LogP contribution < -0.4 is 5.32 Å². The van der Waals surface area contributed by atoms with Crippen molar-refractivity contribution in [1.82, 2.24) is 10.2 Å². The average molecular weight is 256 g/mol. The van der Waals surface area contributed by atoms with Gasteiger partial charge in [-0.1, -0.05) is 6.92 Å². The molecule has 1 saturated carbocycles. The van der Waals surface area contributed by atoms with Crippen molar-refractivity contribution in [2.75, 3.05) is 33.4 Å². The molecule has 1 saturated heterocycles. The molecular formula is C14H28N2O2. The minimum atomic E-state index is -0.0389. The third-order valence-electron chi connectivity index (χ3n) is 4.70. The molecule has 2 fully saturated rings. The van der Waals surface area contributed by atoms with Crippen LogP contribution in [0.1, 0.15) is 39.0 Å². The van der Waals surface area contributed by atoms with Crippen molar-refractivity contribution in [2.24, 2.45) is 0 Å². The van der Waals surface area contributed by atoms with Gasteiger partial charge in [0.25, 0.3) is 0 Å². The molecule has 2 rings (SSSR count). The summed E-state index contributed by atoms with van der Waals surface area (Å²) in [6.07, 6.45) is 6.23. The summed E-state index contributed by atoms with van der Waals surface area (Å²) in [6, 6.07) is 0.616. The van der Waals surface area contributed by atoms with E-state index in [9.17, 15) is 5.11 Å². The minimum absolute atomic E-state index is 0.0389. The van der Waals surface area contributed by atoms with E-state index in [0.29, 0.717) is 12.1 Å². The van der Waals surface area contributed by atoms with Gasteiger partial charge in [-0.3, -0.25) is 4.90 Å². The van der Waals surface area contributed by atoms with Crippen molar-refractivity contribution in [3.05, 3.63) is 0 Å². The van der Waals surface area contributed by atoms with Crippen LogP contribution in [0.25, 0.3) is 0 Å². The van der Waals surface area contributed by atoms with E-state index in [1.54, 1.807) is 0 Å². The van der Waals surface area contributed by atoms with Crippen LogP contribution in [0.4, 0.5) is 0 Å². The lowest BCUT2D eigenvalue weighted by molar-refractivity contribution is 0.0565. The maximum atomic E-state index is 9.73. The molecule has 0 aromatic rings. The van der Waals surface area contributed by atoms with E-state index in [-0.39, 0.29) is 12.1 Å². The highest BCUT2D eigenvalue weighted by atomic mass is 16.5. The van der Waals surface area contributed by atoms with E-state index in [1.807, 2.05) is 7.11 Å². The molecule has 3 atom stereocenters. The van der Waals surface area contributed by atoms with Gasteiger partial charge >= 0.3 is 0 Å². The fourth-order valence-corrected chi connectivity index (χ4v) is 3.66. The SMILES string of the molecule is CCNC1(CO)CCCC(N2CCC(OC)C2)C1. The Hall–Kier alpha value is -0.160. The predicted octanol–water partition coefficient (Wildman–Crippen LogP) is 0.990. The lowest BCUT2D eigenvalue weighted by Crippen LogP contribution is -2.55. The first-order chi connectivity index (χ1) is 8.73. The van der Waals surface area contributed by atoms with E-state index in [2.05, 4.69) is 17.1 Å². The first kappa shape index (κ1) is 14.3. The third-order valence-corrected chi connectivity index (χ3v) is 4.70. The van der Waals surface area contributed by atoms with Crippen molar-refractivity contribution in [3.8, 4) is 0 Å². The summed E-state index contributed by atoms with van der Waals surface area (Å²) in [4.78, 5) is 2.56. The Morgan fingerprint density at radius 2 is 2.28 bits per heavy atom. The lowest BCUT2D eigenvalue weighted by Gasteiger charge is -2.43. The second-order valence-corrected chi connectivity index (χ2v) is 5.86. The van der Waals surface area contributed by atoms with Crippen LogP contribution in [0.15, 0.2) is 0 Å². The maximum Gasteiger partial charge on any atom is 0.0710 e. The molecular weight excluding hydrogens is 228 g/mol. The van der Waals surface area contributed by atoms with Gasteiger partial charge in [0.05, 0.1) is 12.7 Å². The van der Waals surface area contributed by atoms with E-state index in [4.69, 9.17) is 4.74 Å². The first-order valence-corrected chi connectivity index (χ1v) is 7.36. The molecule has 3 unspecified atom stereocenters. The molecule has 1 aliphatic carbocycles. The lowest BCUT2D eigenvalue weighted by atomic mass is 9.79. The molecule has 2 aliphatic rings. The Morgan fingerprint density at radius 3 is 2.89 bits per heavy atom. The summed E-state index contributed by atoms with van der Waals surface area (Å²) in [7, 11) is 1.81. The number of methoxy groups -OCH3 is 1. The predicted molar refractivity (Wildman–Crippen MR) is 72.7 cm³/mol. The number of ether oxygens (including phenoxy) is 1. The molecule has 1 aliphatic heterocycles. The molecule has 1 heterocycles. The van der Waals surface area contributed by atoms with Gasteiger partial charge in [0.2, 0.25) is 0 Å². The van der Waals surface area contributed by atoms with Gasteiger partial charge in [-0.25, -0.2) is 0 Å². The van der Waals surface area contributed by atoms with Gasteiger partial charge in [0, 0.05) is 31.8 Å². The van der Waals surface area contributed by atoms with Crippen molar-refractivity contribution >= 4 is 0 Å². The van der Waals surface area contributed by atoms with Crippen molar-refractivity contribution in [3.63, 3.8) is 0 Å². The standard InChI is InChI=1S/C14H28N2O2/c1-3-15-14(11-17)7-4-5-12(9-14)16-8-6-13(10-16)18-2/h12-13,15,17H,3-11H2,1-2H3. The molecule has 0 amide bonds. The zero-order valence-electron chi connectivity index (χ0n) is 11.8. The number of nitrogens with zero attached hydrogens (tertiary/aromatic N) is 1. The number of rotatable bonds is 5. The Kier molecular flexibility index (Phi) is 5.01. The van der Waals surface area contributed by atoms with Crippen LogP contribution in [0.3, 0.4) is 0 Å². The Labute approximate surface area is 111 Å². The summed E-state index contributed by atoms with van der Waals surface area (Å²) in [5.74, 6) is 0. The van der Waals surface area contributed by atoms with Gasteiger partial charge in [-0.05, 0) is 38.6 Å². The molecule has 2 N–H and O–H groups in total. The average Bonchev–Trinajstić information content (AvgIpc) is 2.88. The number of aliphatic hydroxyl groups is 1. The maximum absolute atomic E-state index is 9.73. The zero-order chi connectivity index (χ0) is 13.0. The fourth-order valence-electron chi connectivity index (χ4n) is 3.66. The fraction of sp³-hybridized carbons (Fsp3) is 1.00. The molecule has 0 aromatic carbocycles. The quantitative estimate of drug-likeness (QED) is 0.770. The summed E-state index contributed by atoms with van der Waals surface area (Å²) in [6.45, 7) is 5.54. The van der Waals surface area contributed by atoms with E-state index >= 15 is 0 Å². The summed E-state index contributed by atoms with van der Waals surface area (Å²) < 4.78 is 5.45. The van der Waals surface area contributed by atoms with Gasteiger partial charge in [-0.15, -0.1) is 0 Å². The van der Waals surface area contributed by atoms with Crippen molar-refractivity contribution < 1.29 is 9.84 Å². The third kappa shape index (κ3) is 3.05. The number of aliphatic hydroxyl groups excluding tert-OH is 1. The molecule has 4 heteroatoms. The van der Waals surface area contributed by atoms with Crippen LogP contribution in [0.2, 0.25) is 0 Å². The van der Waals surface area contributed by atoms with E-state index in [0.717, 1.165) is 38.9 Å². The molecule has 4 nitrogen and oxygen atoms in total. The monoisotopic (exact) mass is 256 g/mol. The summed E-state index contributed by atoms with van der Waals surface area (Å²) >= 11 is 0. The number of likely N-dealkylation sites (N-methyl/N-ethyl adjacent to an activating group) is 1. The van der Waals surface area contributed by atoms with Crippen LogP contribution in [-0.4, -0.2) is 61.0 Å². The molecule has 106 valence electrons. The summed E-state index contributed by atoms with van der Waals surface area (Å²) in [5, 5.41) is 13.2. The molecule has 18 heavy (non-hydrogen) atoms.